The molecule has 0 radical (unpaired) electrons. The van der Waals surface area contributed by atoms with Gasteiger partial charge in [0.05, 0.1) is 6.07 Å². The van der Waals surface area contributed by atoms with Crippen LogP contribution in [0.25, 0.3) is 0 Å². The maximum atomic E-state index is 8.90. The average molecular weight is 234 g/mol. The number of nitriles is 1. The van der Waals surface area contributed by atoms with Crippen LogP contribution in [0.4, 0.5) is 0 Å². The molecule has 2 nitrogen and oxygen atoms in total. The third-order valence-corrected chi connectivity index (χ3v) is 4.87. The van der Waals surface area contributed by atoms with Gasteiger partial charge in [-0.05, 0) is 51.6 Å². The van der Waals surface area contributed by atoms with Crippen LogP contribution in [0.15, 0.2) is 0 Å². The zero-order valence-electron chi connectivity index (χ0n) is 11.2. The van der Waals surface area contributed by atoms with Crippen LogP contribution < -0.4 is 0 Å². The molecule has 0 heterocycles. The summed E-state index contributed by atoms with van der Waals surface area (Å²) >= 11 is 0. The van der Waals surface area contributed by atoms with Crippen LogP contribution in [0.3, 0.4) is 0 Å². The van der Waals surface area contributed by atoms with Crippen molar-refractivity contribution in [3.63, 3.8) is 0 Å². The third-order valence-electron chi connectivity index (χ3n) is 4.87. The van der Waals surface area contributed by atoms with Gasteiger partial charge in [-0.3, -0.25) is 0 Å². The predicted octanol–water partition coefficient (Wildman–Crippen LogP) is 3.58. The molecule has 2 fully saturated rings. The fraction of sp³-hybridized carbons (Fsp3) is 0.933. The molecule has 0 atom stereocenters. The zero-order chi connectivity index (χ0) is 12.1. The summed E-state index contributed by atoms with van der Waals surface area (Å²) in [6.45, 7) is 1.27. The molecule has 0 aromatic heterocycles. The van der Waals surface area contributed by atoms with E-state index in [-0.39, 0.29) is 0 Å². The number of nitrogens with zero attached hydrogens (tertiary/aromatic N) is 2. The molecular weight excluding hydrogens is 208 g/mol. The van der Waals surface area contributed by atoms with Gasteiger partial charge in [0.2, 0.25) is 0 Å². The molecule has 2 saturated carbocycles. The van der Waals surface area contributed by atoms with Crippen molar-refractivity contribution in [2.24, 2.45) is 11.8 Å². The molecular formula is C15H26N2. The molecule has 2 rings (SSSR count). The zero-order valence-corrected chi connectivity index (χ0v) is 11.2. The highest BCUT2D eigenvalue weighted by Crippen LogP contribution is 2.30. The summed E-state index contributed by atoms with van der Waals surface area (Å²) < 4.78 is 0. The van der Waals surface area contributed by atoms with Crippen molar-refractivity contribution < 1.29 is 0 Å². The van der Waals surface area contributed by atoms with E-state index in [2.05, 4.69) is 18.0 Å². The van der Waals surface area contributed by atoms with Gasteiger partial charge in [-0.2, -0.15) is 5.26 Å². The Morgan fingerprint density at radius 3 is 2.29 bits per heavy atom. The average Bonchev–Trinajstić information content (AvgIpc) is 2.89. The van der Waals surface area contributed by atoms with Crippen molar-refractivity contribution in [2.45, 2.75) is 63.8 Å². The quantitative estimate of drug-likeness (QED) is 0.743. The Morgan fingerprint density at radius 1 is 1.06 bits per heavy atom. The van der Waals surface area contributed by atoms with E-state index < -0.39 is 0 Å². The van der Waals surface area contributed by atoms with E-state index in [4.69, 9.17) is 5.26 Å². The summed E-state index contributed by atoms with van der Waals surface area (Å²) in [7, 11) is 2.28. The van der Waals surface area contributed by atoms with E-state index in [1.54, 1.807) is 0 Å². The van der Waals surface area contributed by atoms with Gasteiger partial charge in [0.25, 0.3) is 0 Å². The van der Waals surface area contributed by atoms with E-state index in [1.165, 1.54) is 51.5 Å². The van der Waals surface area contributed by atoms with Gasteiger partial charge in [-0.15, -0.1) is 0 Å². The summed E-state index contributed by atoms with van der Waals surface area (Å²) in [6, 6.07) is 3.17. The maximum Gasteiger partial charge on any atom is 0.0655 e. The third kappa shape index (κ3) is 3.71. The van der Waals surface area contributed by atoms with Gasteiger partial charge >= 0.3 is 0 Å². The molecule has 0 aromatic carbocycles. The minimum absolute atomic E-state index is 0.342. The molecule has 0 aliphatic heterocycles. The molecule has 0 aromatic rings. The van der Waals surface area contributed by atoms with Crippen LogP contribution >= 0.6 is 0 Å². The van der Waals surface area contributed by atoms with Gasteiger partial charge in [-0.25, -0.2) is 0 Å². The monoisotopic (exact) mass is 234 g/mol. The molecule has 17 heavy (non-hydrogen) atoms. The van der Waals surface area contributed by atoms with Crippen molar-refractivity contribution in [1.82, 2.24) is 4.90 Å². The normalized spacial score (nSPS) is 30.6. The standard InChI is InChI=1S/C15H26N2/c1-17(11-10-13-4-2-3-5-13)15-8-6-14(12-16)7-9-15/h13-15H,2-11H2,1H3. The molecule has 0 unspecified atom stereocenters. The number of hydrogen-bond acceptors (Lipinski definition) is 2. The molecule has 0 N–H and O–H groups in total. The van der Waals surface area contributed by atoms with E-state index in [0.29, 0.717) is 5.92 Å². The number of rotatable bonds is 4. The fourth-order valence-corrected chi connectivity index (χ4v) is 3.51. The Hall–Kier alpha value is -0.550. The van der Waals surface area contributed by atoms with E-state index in [0.717, 1.165) is 24.8 Å². The second kappa shape index (κ2) is 6.40. The molecule has 2 heteroatoms. The minimum atomic E-state index is 0.342. The summed E-state index contributed by atoms with van der Waals surface area (Å²) in [5.41, 5.74) is 0. The molecule has 0 bridgehead atoms. The van der Waals surface area contributed by atoms with Crippen molar-refractivity contribution >= 4 is 0 Å². The molecule has 0 saturated heterocycles. The Bertz CT molecular complexity index is 255. The van der Waals surface area contributed by atoms with Crippen LogP contribution in [-0.2, 0) is 0 Å². The van der Waals surface area contributed by atoms with Gasteiger partial charge < -0.3 is 4.90 Å². The van der Waals surface area contributed by atoms with Crippen LogP contribution in [0, 0.1) is 23.2 Å². The fourth-order valence-electron chi connectivity index (χ4n) is 3.51. The predicted molar refractivity (Wildman–Crippen MR) is 70.6 cm³/mol. The lowest BCUT2D eigenvalue weighted by Gasteiger charge is -2.33. The highest BCUT2D eigenvalue weighted by molar-refractivity contribution is 4.89. The summed E-state index contributed by atoms with van der Waals surface area (Å²) in [6.07, 6.45) is 12.0. The first-order valence-corrected chi connectivity index (χ1v) is 7.39. The van der Waals surface area contributed by atoms with Crippen molar-refractivity contribution in [1.29, 1.82) is 5.26 Å². The van der Waals surface area contributed by atoms with Crippen LogP contribution in [-0.4, -0.2) is 24.5 Å². The van der Waals surface area contributed by atoms with Crippen molar-refractivity contribution in [2.75, 3.05) is 13.6 Å². The Labute approximate surface area is 106 Å². The van der Waals surface area contributed by atoms with Gasteiger partial charge in [0.1, 0.15) is 0 Å². The first-order chi connectivity index (χ1) is 8.29. The summed E-state index contributed by atoms with van der Waals surface area (Å²) in [5.74, 6) is 1.35. The number of hydrogen-bond donors (Lipinski definition) is 0. The topological polar surface area (TPSA) is 27.0 Å². The van der Waals surface area contributed by atoms with E-state index in [9.17, 15) is 0 Å². The Balaban J connectivity index is 1.66. The lowest BCUT2D eigenvalue weighted by molar-refractivity contribution is 0.169. The summed E-state index contributed by atoms with van der Waals surface area (Å²) in [5, 5.41) is 8.90. The first kappa shape index (κ1) is 12.9. The van der Waals surface area contributed by atoms with Gasteiger partial charge in [0.15, 0.2) is 0 Å². The molecule has 0 spiro atoms. The van der Waals surface area contributed by atoms with Crippen LogP contribution in [0.5, 0.6) is 0 Å². The highest BCUT2D eigenvalue weighted by Gasteiger charge is 2.24. The SMILES string of the molecule is CN(CCC1CCCC1)C1CCC(C#N)CC1. The summed E-state index contributed by atoms with van der Waals surface area (Å²) in [4.78, 5) is 2.56. The smallest absolute Gasteiger partial charge is 0.0655 e. The van der Waals surface area contributed by atoms with E-state index >= 15 is 0 Å². The highest BCUT2D eigenvalue weighted by atomic mass is 15.1. The maximum absolute atomic E-state index is 8.90. The molecule has 2 aliphatic rings. The Kier molecular flexibility index (Phi) is 4.86. The van der Waals surface area contributed by atoms with Crippen molar-refractivity contribution in [3.8, 4) is 6.07 Å². The van der Waals surface area contributed by atoms with Gasteiger partial charge in [0, 0.05) is 12.0 Å². The molecule has 96 valence electrons. The van der Waals surface area contributed by atoms with E-state index in [1.807, 2.05) is 0 Å². The van der Waals surface area contributed by atoms with Crippen LogP contribution in [0.1, 0.15) is 57.8 Å². The van der Waals surface area contributed by atoms with Gasteiger partial charge in [-0.1, -0.05) is 25.7 Å². The van der Waals surface area contributed by atoms with Crippen molar-refractivity contribution in [3.05, 3.63) is 0 Å². The second-order valence-corrected chi connectivity index (χ2v) is 6.05. The lowest BCUT2D eigenvalue weighted by atomic mass is 9.86. The minimum Gasteiger partial charge on any atom is -0.303 e. The first-order valence-electron chi connectivity index (χ1n) is 7.39. The second-order valence-electron chi connectivity index (χ2n) is 6.05. The lowest BCUT2D eigenvalue weighted by Crippen LogP contribution is -2.36. The Morgan fingerprint density at radius 2 is 1.71 bits per heavy atom. The van der Waals surface area contributed by atoms with Crippen LogP contribution in [0.2, 0.25) is 0 Å². The molecule has 2 aliphatic carbocycles. The molecule has 0 amide bonds. The largest absolute Gasteiger partial charge is 0.303 e.